The van der Waals surface area contributed by atoms with Gasteiger partial charge in [-0.2, -0.15) is 0 Å². The number of aryl methyl sites for hydroxylation is 1. The van der Waals surface area contributed by atoms with Gasteiger partial charge in [0.15, 0.2) is 0 Å². The summed E-state index contributed by atoms with van der Waals surface area (Å²) in [5.74, 6) is 0.973. The third kappa shape index (κ3) is 2.67. The summed E-state index contributed by atoms with van der Waals surface area (Å²) in [6.07, 6.45) is 3.10. The van der Waals surface area contributed by atoms with Crippen LogP contribution >= 0.6 is 11.6 Å². The largest absolute Gasteiger partial charge is 0.487 e. The summed E-state index contributed by atoms with van der Waals surface area (Å²) in [5.41, 5.74) is 3.25. The number of halogens is 1. The minimum atomic E-state index is -0.0786. The molecular formula is C17H24ClNO2. The zero-order chi connectivity index (χ0) is 15.0. The fraction of sp³-hybridized carbons (Fsp3) is 0.647. The maximum atomic E-state index is 6.47. The van der Waals surface area contributed by atoms with Crippen LogP contribution in [0.1, 0.15) is 49.0 Å². The molecule has 3 rings (SSSR count). The highest BCUT2D eigenvalue weighted by molar-refractivity contribution is 6.32. The number of rotatable bonds is 2. The summed E-state index contributed by atoms with van der Waals surface area (Å²) in [7, 11) is 0. The van der Waals surface area contributed by atoms with Crippen molar-refractivity contribution in [3.05, 3.63) is 27.8 Å². The predicted octanol–water partition coefficient (Wildman–Crippen LogP) is 3.94. The van der Waals surface area contributed by atoms with Gasteiger partial charge < -0.3 is 14.8 Å². The molecule has 0 aliphatic carbocycles. The molecule has 0 radical (unpaired) electrons. The number of hydrogen-bond acceptors (Lipinski definition) is 3. The van der Waals surface area contributed by atoms with Gasteiger partial charge in [0.2, 0.25) is 0 Å². The summed E-state index contributed by atoms with van der Waals surface area (Å²) in [6, 6.07) is 2.08. The number of nitrogens with one attached hydrogen (secondary N) is 1. The molecule has 1 fully saturated rings. The lowest BCUT2D eigenvalue weighted by Crippen LogP contribution is -2.49. The lowest BCUT2D eigenvalue weighted by atomic mass is 9.81. The van der Waals surface area contributed by atoms with E-state index < -0.39 is 0 Å². The van der Waals surface area contributed by atoms with Crippen LogP contribution in [0.15, 0.2) is 6.07 Å². The maximum Gasteiger partial charge on any atom is 0.126 e. The normalized spacial score (nSPS) is 23.7. The highest BCUT2D eigenvalue weighted by atomic mass is 35.5. The number of benzene rings is 1. The van der Waals surface area contributed by atoms with E-state index in [2.05, 4.69) is 25.2 Å². The van der Waals surface area contributed by atoms with Gasteiger partial charge in [-0.25, -0.2) is 0 Å². The monoisotopic (exact) mass is 309 g/mol. The molecule has 2 aliphatic rings. The Morgan fingerprint density at radius 1 is 1.38 bits per heavy atom. The zero-order valence-electron chi connectivity index (χ0n) is 13.1. The first kappa shape index (κ1) is 15.1. The number of fused-ring (bicyclic) bond motifs is 1. The maximum absolute atomic E-state index is 6.47. The molecule has 0 amide bonds. The second-order valence-electron chi connectivity index (χ2n) is 6.23. The number of piperidine rings is 1. The Labute approximate surface area is 132 Å². The molecule has 1 N–H and O–H groups in total. The molecule has 2 heterocycles. The molecule has 4 heteroatoms. The minimum Gasteiger partial charge on any atom is -0.487 e. The Morgan fingerprint density at radius 3 is 2.76 bits per heavy atom. The third-order valence-electron chi connectivity index (χ3n) is 4.78. The molecule has 116 valence electrons. The van der Waals surface area contributed by atoms with E-state index in [1.54, 1.807) is 0 Å². The third-order valence-corrected chi connectivity index (χ3v) is 5.36. The van der Waals surface area contributed by atoms with Gasteiger partial charge in [0.25, 0.3) is 0 Å². The van der Waals surface area contributed by atoms with E-state index in [4.69, 9.17) is 21.1 Å². The van der Waals surface area contributed by atoms with E-state index >= 15 is 0 Å². The van der Waals surface area contributed by atoms with Crippen LogP contribution in [0.25, 0.3) is 0 Å². The molecular weight excluding hydrogens is 286 g/mol. The molecule has 1 aromatic rings. The van der Waals surface area contributed by atoms with Crippen molar-refractivity contribution in [3.63, 3.8) is 0 Å². The molecule has 1 aromatic carbocycles. The van der Waals surface area contributed by atoms with E-state index in [1.165, 1.54) is 0 Å². The average Bonchev–Trinajstić information content (AvgIpc) is 2.45. The minimum absolute atomic E-state index is 0.0786. The van der Waals surface area contributed by atoms with Crippen LogP contribution in [0, 0.1) is 13.8 Å². The molecule has 2 aliphatic heterocycles. The summed E-state index contributed by atoms with van der Waals surface area (Å²) in [5, 5.41) is 4.25. The van der Waals surface area contributed by atoms with Crippen LogP contribution < -0.4 is 10.1 Å². The van der Waals surface area contributed by atoms with Gasteiger partial charge in [0.1, 0.15) is 11.4 Å². The highest BCUT2D eigenvalue weighted by Gasteiger charge is 2.43. The summed E-state index contributed by atoms with van der Waals surface area (Å²) >= 11 is 6.44. The Morgan fingerprint density at radius 2 is 2.10 bits per heavy atom. The second-order valence-corrected chi connectivity index (χ2v) is 6.61. The molecule has 0 aromatic heterocycles. The number of ether oxygens (including phenoxy) is 2. The van der Waals surface area contributed by atoms with Crippen molar-refractivity contribution < 1.29 is 9.47 Å². The molecule has 3 nitrogen and oxygen atoms in total. The van der Waals surface area contributed by atoms with Crippen LogP contribution in [0.4, 0.5) is 0 Å². The van der Waals surface area contributed by atoms with Gasteiger partial charge in [0, 0.05) is 23.6 Å². The first-order valence-corrected chi connectivity index (χ1v) is 8.25. The molecule has 21 heavy (non-hydrogen) atoms. The van der Waals surface area contributed by atoms with Crippen LogP contribution in [0.2, 0.25) is 5.02 Å². The van der Waals surface area contributed by atoms with Crippen molar-refractivity contribution in [2.45, 2.75) is 51.7 Å². The quantitative estimate of drug-likeness (QED) is 0.897. The van der Waals surface area contributed by atoms with Gasteiger partial charge in [0.05, 0.1) is 6.10 Å². The van der Waals surface area contributed by atoms with E-state index in [-0.39, 0.29) is 11.7 Å². The Bertz CT molecular complexity index is 538. The molecule has 1 unspecified atom stereocenters. The summed E-state index contributed by atoms with van der Waals surface area (Å²) in [4.78, 5) is 0. The van der Waals surface area contributed by atoms with Crippen LogP contribution in [0.3, 0.4) is 0 Å². The fourth-order valence-electron chi connectivity index (χ4n) is 3.67. The van der Waals surface area contributed by atoms with Gasteiger partial charge in [-0.1, -0.05) is 11.6 Å². The lowest BCUT2D eigenvalue weighted by Gasteiger charge is -2.45. The topological polar surface area (TPSA) is 30.5 Å². The first-order chi connectivity index (χ1) is 10.1. The zero-order valence-corrected chi connectivity index (χ0v) is 13.8. The second kappa shape index (κ2) is 5.79. The van der Waals surface area contributed by atoms with Crippen molar-refractivity contribution in [2.75, 3.05) is 19.7 Å². The van der Waals surface area contributed by atoms with Gasteiger partial charge in [-0.3, -0.25) is 0 Å². The summed E-state index contributed by atoms with van der Waals surface area (Å²) in [6.45, 7) is 8.90. The first-order valence-electron chi connectivity index (χ1n) is 7.87. The van der Waals surface area contributed by atoms with Crippen molar-refractivity contribution in [1.29, 1.82) is 0 Å². The predicted molar refractivity (Wildman–Crippen MR) is 85.4 cm³/mol. The SMILES string of the molecule is CCOC1CC2(CCNCC2)Oc2cc(C)c(Cl)c(C)c21. The fourth-order valence-corrected chi connectivity index (χ4v) is 3.82. The van der Waals surface area contributed by atoms with Crippen LogP contribution in [0.5, 0.6) is 5.75 Å². The standard InChI is InChI=1S/C17H24ClNO2/c1-4-20-14-10-17(5-7-19-8-6-17)21-13-9-11(2)16(18)12(3)15(13)14/h9,14,19H,4-8,10H2,1-3H3. The molecule has 1 saturated heterocycles. The molecule has 0 saturated carbocycles. The molecule has 1 atom stereocenters. The smallest absolute Gasteiger partial charge is 0.126 e. The van der Waals surface area contributed by atoms with Crippen molar-refractivity contribution in [1.82, 2.24) is 5.32 Å². The summed E-state index contributed by atoms with van der Waals surface area (Å²) < 4.78 is 12.5. The molecule has 1 spiro atoms. The van der Waals surface area contributed by atoms with Crippen molar-refractivity contribution in [2.24, 2.45) is 0 Å². The number of hydrogen-bond donors (Lipinski definition) is 1. The van der Waals surface area contributed by atoms with E-state index in [1.807, 2.05) is 6.92 Å². The highest BCUT2D eigenvalue weighted by Crippen LogP contribution is 2.48. The van der Waals surface area contributed by atoms with Crippen molar-refractivity contribution in [3.8, 4) is 5.75 Å². The molecule has 0 bridgehead atoms. The van der Waals surface area contributed by atoms with Crippen LogP contribution in [-0.2, 0) is 4.74 Å². The Kier molecular flexibility index (Phi) is 4.17. The van der Waals surface area contributed by atoms with E-state index in [0.29, 0.717) is 6.61 Å². The van der Waals surface area contributed by atoms with Gasteiger partial charge in [-0.15, -0.1) is 0 Å². The van der Waals surface area contributed by atoms with E-state index in [9.17, 15) is 0 Å². The Hall–Kier alpha value is -0.770. The van der Waals surface area contributed by atoms with Gasteiger partial charge in [-0.05, 0) is 63.9 Å². The van der Waals surface area contributed by atoms with E-state index in [0.717, 1.165) is 59.8 Å². The average molecular weight is 310 g/mol. The van der Waals surface area contributed by atoms with Crippen LogP contribution in [-0.4, -0.2) is 25.3 Å². The lowest BCUT2D eigenvalue weighted by molar-refractivity contribution is -0.0593. The van der Waals surface area contributed by atoms with Gasteiger partial charge >= 0.3 is 0 Å². The Balaban J connectivity index is 2.05. The van der Waals surface area contributed by atoms with Crippen molar-refractivity contribution >= 4 is 11.6 Å².